The molecule has 2 N–H and O–H groups in total. The van der Waals surface area contributed by atoms with Gasteiger partial charge in [-0.2, -0.15) is 0 Å². The van der Waals surface area contributed by atoms with Gasteiger partial charge in [0, 0.05) is 35.6 Å². The van der Waals surface area contributed by atoms with E-state index in [0.717, 1.165) is 21.9 Å². The van der Waals surface area contributed by atoms with Gasteiger partial charge < -0.3 is 10.1 Å². The highest BCUT2D eigenvalue weighted by atomic mass is 35.5. The van der Waals surface area contributed by atoms with Gasteiger partial charge in [-0.1, -0.05) is 36.7 Å². The van der Waals surface area contributed by atoms with Crippen LogP contribution < -0.4 is 26.0 Å². The lowest BCUT2D eigenvalue weighted by molar-refractivity contribution is -0.123. The molecule has 0 saturated carbocycles. The lowest BCUT2D eigenvalue weighted by Crippen LogP contribution is -2.44. The van der Waals surface area contributed by atoms with Crippen LogP contribution in [0.5, 0.6) is 11.6 Å². The van der Waals surface area contributed by atoms with E-state index in [1.807, 2.05) is 17.7 Å². The van der Waals surface area contributed by atoms with Gasteiger partial charge in [-0.3, -0.25) is 23.4 Å². The maximum Gasteiger partial charge on any atom is 0.332 e. The van der Waals surface area contributed by atoms with Crippen molar-refractivity contribution >= 4 is 39.0 Å². The number of sulfonamides is 1. The fourth-order valence-corrected chi connectivity index (χ4v) is 4.53. The summed E-state index contributed by atoms with van der Waals surface area (Å²) in [6, 6.07) is 18.7. The van der Waals surface area contributed by atoms with Gasteiger partial charge in [-0.05, 0) is 54.4 Å². The minimum absolute atomic E-state index is 0.0861. The molecular weight excluding hydrogens is 570 g/mol. The fourth-order valence-electron chi connectivity index (χ4n) is 3.84. The summed E-state index contributed by atoms with van der Waals surface area (Å²) in [5, 5.41) is 3.64. The van der Waals surface area contributed by atoms with Crippen LogP contribution in [0, 0.1) is 12.8 Å². The Bertz CT molecular complexity index is 1770. The van der Waals surface area contributed by atoms with Gasteiger partial charge in [-0.15, -0.1) is 0 Å². The van der Waals surface area contributed by atoms with Gasteiger partial charge in [-0.25, -0.2) is 18.2 Å². The average molecular weight is 598 g/mol. The molecule has 1 atom stereocenters. The summed E-state index contributed by atoms with van der Waals surface area (Å²) in [6.07, 6.45) is 2.55. The van der Waals surface area contributed by atoms with Gasteiger partial charge in [0.1, 0.15) is 11.6 Å². The van der Waals surface area contributed by atoms with Crippen LogP contribution in [0.2, 0.25) is 5.02 Å². The number of aryl methyl sites for hydroxylation is 1. The largest absolute Gasteiger partial charge is 0.439 e. The maximum absolute atomic E-state index is 13.6. The lowest BCUT2D eigenvalue weighted by atomic mass is 10.1. The molecule has 0 saturated heterocycles. The van der Waals surface area contributed by atoms with Gasteiger partial charge >= 0.3 is 5.69 Å². The zero-order chi connectivity index (χ0) is 29.7. The number of nitrogens with one attached hydrogen (secondary N) is 2. The normalized spacial score (nSPS) is 12.0. The molecule has 0 aliphatic heterocycles. The molecule has 0 spiro atoms. The summed E-state index contributed by atoms with van der Waals surface area (Å²) in [5.41, 5.74) is 0.988. The summed E-state index contributed by atoms with van der Waals surface area (Å²) in [5.74, 6) is -0.603. The van der Waals surface area contributed by atoms with E-state index in [0.29, 0.717) is 22.3 Å². The van der Waals surface area contributed by atoms with E-state index >= 15 is 0 Å². The molecule has 4 aromatic rings. The molecule has 0 unspecified atom stereocenters. The first kappa shape index (κ1) is 29.6. The number of nitrogens with zero attached hydrogens (tertiary/aromatic N) is 3. The predicted octanol–water partition coefficient (Wildman–Crippen LogP) is 3.66. The molecule has 0 aliphatic carbocycles. The summed E-state index contributed by atoms with van der Waals surface area (Å²) < 4.78 is 32.8. The Kier molecular flexibility index (Phi) is 8.94. The Morgan fingerprint density at radius 2 is 1.71 bits per heavy atom. The summed E-state index contributed by atoms with van der Waals surface area (Å²) in [4.78, 5) is 43.1. The zero-order valence-corrected chi connectivity index (χ0v) is 24.1. The first-order valence-electron chi connectivity index (χ1n) is 12.5. The van der Waals surface area contributed by atoms with Crippen LogP contribution in [0.4, 0.5) is 11.5 Å². The smallest absolute Gasteiger partial charge is 0.332 e. The third-order valence-electron chi connectivity index (χ3n) is 5.96. The average Bonchev–Trinajstić information content (AvgIpc) is 2.91. The second kappa shape index (κ2) is 12.4. The number of halogens is 1. The molecule has 4 rings (SSSR count). The Labute approximate surface area is 241 Å². The molecule has 0 fully saturated rings. The van der Waals surface area contributed by atoms with Gasteiger partial charge in [0.05, 0.1) is 18.7 Å². The van der Waals surface area contributed by atoms with Crippen molar-refractivity contribution in [3.05, 3.63) is 110 Å². The maximum atomic E-state index is 13.6. The van der Waals surface area contributed by atoms with Crippen molar-refractivity contribution in [1.29, 1.82) is 0 Å². The molecule has 0 radical (unpaired) electrons. The molecule has 2 aromatic carbocycles. The number of ether oxygens (including phenoxy) is 1. The first-order chi connectivity index (χ1) is 19.4. The number of carbonyl (C=O) groups excluding carboxylic acids is 1. The Hall–Kier alpha value is -4.42. The second-order valence-electron chi connectivity index (χ2n) is 9.54. The first-order valence-corrected chi connectivity index (χ1v) is 14.7. The second-order valence-corrected chi connectivity index (χ2v) is 11.7. The molecule has 0 bridgehead atoms. The molecule has 13 heteroatoms. The minimum Gasteiger partial charge on any atom is -0.439 e. The van der Waals surface area contributed by atoms with Gasteiger partial charge in [0.2, 0.25) is 21.8 Å². The number of hydrogen-bond donors (Lipinski definition) is 2. The molecule has 2 heterocycles. The number of aromatic nitrogens is 3. The number of hydrogen-bond acceptors (Lipinski definition) is 8. The van der Waals surface area contributed by atoms with Gasteiger partial charge in [0.25, 0.3) is 5.56 Å². The van der Waals surface area contributed by atoms with Crippen molar-refractivity contribution in [2.75, 3.05) is 11.6 Å². The Morgan fingerprint density at radius 3 is 2.32 bits per heavy atom. The Balaban J connectivity index is 1.64. The van der Waals surface area contributed by atoms with Crippen LogP contribution in [-0.2, 0) is 27.9 Å². The van der Waals surface area contributed by atoms with E-state index in [2.05, 4.69) is 10.3 Å². The molecule has 1 amide bonds. The van der Waals surface area contributed by atoms with Crippen LogP contribution in [0.1, 0.15) is 18.1 Å². The van der Waals surface area contributed by atoms with Crippen molar-refractivity contribution in [3.8, 4) is 11.6 Å². The van der Waals surface area contributed by atoms with E-state index in [-0.39, 0.29) is 18.9 Å². The predicted molar refractivity (Wildman–Crippen MR) is 156 cm³/mol. The number of carbonyl (C=O) groups is 1. The fraction of sp³-hybridized carbons (Fsp3) is 0.214. The molecule has 11 nitrogen and oxygen atoms in total. The summed E-state index contributed by atoms with van der Waals surface area (Å²) in [6.45, 7) is 3.12. The highest BCUT2D eigenvalue weighted by Crippen LogP contribution is 2.23. The molecule has 2 aromatic heterocycles. The van der Waals surface area contributed by atoms with Crippen LogP contribution >= 0.6 is 11.6 Å². The van der Waals surface area contributed by atoms with Crippen LogP contribution in [0.25, 0.3) is 0 Å². The minimum atomic E-state index is -3.80. The van der Waals surface area contributed by atoms with Crippen LogP contribution in [0.15, 0.2) is 82.5 Å². The number of anilines is 2. The molecular formula is C28H28ClN5O6S. The standard InChI is InChI=1S/C28H28ClN5O6S/c1-18-4-13-25(30-15-18)40-23-11-9-22(10-12-23)31-24-14-26(35)34(16-19(2)27(36)32-41(3,38)39)28(37)33(24)17-20-5-7-21(29)8-6-20/h4-15,19,31H,16-17H2,1-3H3,(H,32,36)/t19-/m0/s1. The van der Waals surface area contributed by atoms with Crippen LogP contribution in [0.3, 0.4) is 0 Å². The summed E-state index contributed by atoms with van der Waals surface area (Å²) >= 11 is 6.01. The van der Waals surface area contributed by atoms with Crippen molar-refractivity contribution in [2.45, 2.75) is 26.9 Å². The molecule has 214 valence electrons. The lowest BCUT2D eigenvalue weighted by Gasteiger charge is -2.18. The third kappa shape index (κ3) is 8.05. The molecule has 0 aliphatic rings. The summed E-state index contributed by atoms with van der Waals surface area (Å²) in [7, 11) is -3.80. The number of rotatable bonds is 10. The van der Waals surface area contributed by atoms with Crippen molar-refractivity contribution in [1.82, 2.24) is 18.8 Å². The highest BCUT2D eigenvalue weighted by molar-refractivity contribution is 7.89. The van der Waals surface area contributed by atoms with E-state index in [9.17, 15) is 22.8 Å². The number of pyridine rings is 1. The third-order valence-corrected chi connectivity index (χ3v) is 6.78. The highest BCUT2D eigenvalue weighted by Gasteiger charge is 2.21. The van der Waals surface area contributed by atoms with Crippen LogP contribution in [-0.4, -0.2) is 34.7 Å². The topological polar surface area (TPSA) is 141 Å². The van der Waals surface area contributed by atoms with Crippen molar-refractivity contribution < 1.29 is 17.9 Å². The monoisotopic (exact) mass is 597 g/mol. The number of amides is 1. The SMILES string of the molecule is Cc1ccc(Oc2ccc(Nc3cc(=O)n(C[C@H](C)C(=O)NS(C)(=O)=O)c(=O)n3Cc3ccc(Cl)cc3)cc2)nc1. The van der Waals surface area contributed by atoms with E-state index in [4.69, 9.17) is 16.3 Å². The molecule has 41 heavy (non-hydrogen) atoms. The number of benzene rings is 2. The van der Waals surface area contributed by atoms with Crippen molar-refractivity contribution in [2.24, 2.45) is 5.92 Å². The van der Waals surface area contributed by atoms with E-state index in [1.54, 1.807) is 60.8 Å². The quantitative estimate of drug-likeness (QED) is 0.282. The van der Waals surface area contributed by atoms with Gasteiger partial charge in [0.15, 0.2) is 0 Å². The van der Waals surface area contributed by atoms with E-state index < -0.39 is 33.1 Å². The Morgan fingerprint density at radius 1 is 1.02 bits per heavy atom. The van der Waals surface area contributed by atoms with E-state index in [1.165, 1.54) is 17.6 Å². The zero-order valence-electron chi connectivity index (χ0n) is 22.5. The van der Waals surface area contributed by atoms with Crippen molar-refractivity contribution in [3.63, 3.8) is 0 Å².